The fraction of sp³-hybridized carbons (Fsp3) is 0.571. The first-order valence-corrected chi connectivity index (χ1v) is 9.79. The molecule has 0 heterocycles. The van der Waals surface area contributed by atoms with Crippen LogP contribution in [0.1, 0.15) is 25.3 Å². The van der Waals surface area contributed by atoms with E-state index in [1.165, 1.54) is 5.56 Å². The molecule has 0 N–H and O–H groups in total. The predicted octanol–water partition coefficient (Wildman–Crippen LogP) is 4.11. The summed E-state index contributed by atoms with van der Waals surface area (Å²) in [6.07, 6.45) is 2.28. The van der Waals surface area contributed by atoms with Crippen molar-refractivity contribution in [2.24, 2.45) is 5.92 Å². The minimum absolute atomic E-state index is 0.282. The molecule has 0 saturated heterocycles. The van der Waals surface area contributed by atoms with Crippen LogP contribution >= 0.6 is 27.5 Å². The van der Waals surface area contributed by atoms with E-state index in [9.17, 15) is 8.42 Å². The second-order valence-corrected chi connectivity index (χ2v) is 8.18. The van der Waals surface area contributed by atoms with Gasteiger partial charge in [0, 0.05) is 16.1 Å². The van der Waals surface area contributed by atoms with Crippen molar-refractivity contribution in [2.45, 2.75) is 26.2 Å². The van der Waals surface area contributed by atoms with E-state index in [0.717, 1.165) is 16.8 Å². The van der Waals surface area contributed by atoms with Crippen LogP contribution in [0.3, 0.4) is 0 Å². The Hall–Kier alpha value is -0.0600. The van der Waals surface area contributed by atoms with Crippen molar-refractivity contribution < 1.29 is 8.42 Å². The van der Waals surface area contributed by atoms with E-state index in [-0.39, 0.29) is 5.75 Å². The Balaban J connectivity index is 2.52. The third-order valence-electron chi connectivity index (χ3n) is 3.01. The Morgan fingerprint density at radius 1 is 1.21 bits per heavy atom. The SMILES string of the molecule is CCCS(=O)(=O)CCC(CBr)Cc1ccc(Cl)cc1. The quantitative estimate of drug-likeness (QED) is 0.648. The summed E-state index contributed by atoms with van der Waals surface area (Å²) in [7, 11) is -2.88. The first-order valence-electron chi connectivity index (χ1n) is 6.47. The van der Waals surface area contributed by atoms with E-state index >= 15 is 0 Å². The normalized spacial score (nSPS) is 13.4. The highest BCUT2D eigenvalue weighted by molar-refractivity contribution is 9.09. The van der Waals surface area contributed by atoms with Crippen LogP contribution in [0.5, 0.6) is 0 Å². The molecule has 0 spiro atoms. The van der Waals surface area contributed by atoms with E-state index in [1.807, 2.05) is 31.2 Å². The molecule has 5 heteroatoms. The number of benzene rings is 1. The highest BCUT2D eigenvalue weighted by atomic mass is 79.9. The molecule has 0 bridgehead atoms. The second-order valence-electron chi connectivity index (χ2n) is 4.79. The van der Waals surface area contributed by atoms with E-state index in [2.05, 4.69) is 15.9 Å². The number of hydrogen-bond donors (Lipinski definition) is 0. The highest BCUT2D eigenvalue weighted by Crippen LogP contribution is 2.18. The number of halogens is 2. The largest absolute Gasteiger partial charge is 0.229 e. The highest BCUT2D eigenvalue weighted by Gasteiger charge is 2.15. The maximum Gasteiger partial charge on any atom is 0.150 e. The molecule has 1 atom stereocenters. The molecule has 1 rings (SSSR count). The molecule has 108 valence electrons. The van der Waals surface area contributed by atoms with Gasteiger partial charge in [0.15, 0.2) is 0 Å². The predicted molar refractivity (Wildman–Crippen MR) is 86.0 cm³/mol. The summed E-state index contributed by atoms with van der Waals surface area (Å²) in [5, 5.41) is 1.54. The van der Waals surface area contributed by atoms with E-state index in [1.54, 1.807) is 0 Å². The van der Waals surface area contributed by atoms with Crippen molar-refractivity contribution >= 4 is 37.4 Å². The first-order chi connectivity index (χ1) is 8.96. The standard InChI is InChI=1S/C14H20BrClO2S/c1-2-8-19(17,18)9-7-13(11-15)10-12-3-5-14(16)6-4-12/h3-6,13H,2,7-11H2,1H3. The molecule has 0 saturated carbocycles. The van der Waals surface area contributed by atoms with E-state index in [4.69, 9.17) is 11.6 Å². The van der Waals surface area contributed by atoms with Crippen LogP contribution in [0.4, 0.5) is 0 Å². The summed E-state index contributed by atoms with van der Waals surface area (Å²) in [6.45, 7) is 1.90. The topological polar surface area (TPSA) is 34.1 Å². The van der Waals surface area contributed by atoms with Crippen molar-refractivity contribution in [1.29, 1.82) is 0 Å². The van der Waals surface area contributed by atoms with Crippen molar-refractivity contribution in [1.82, 2.24) is 0 Å². The summed E-state index contributed by atoms with van der Waals surface area (Å²) in [6, 6.07) is 7.74. The van der Waals surface area contributed by atoms with Gasteiger partial charge in [0.05, 0.1) is 5.75 Å². The minimum atomic E-state index is -2.88. The number of rotatable bonds is 8. The Bertz CT molecular complexity index is 471. The average molecular weight is 368 g/mol. The van der Waals surface area contributed by atoms with Gasteiger partial charge < -0.3 is 0 Å². The monoisotopic (exact) mass is 366 g/mol. The zero-order valence-electron chi connectivity index (χ0n) is 11.1. The molecule has 1 aromatic carbocycles. The van der Waals surface area contributed by atoms with Gasteiger partial charge in [0.1, 0.15) is 9.84 Å². The number of alkyl halides is 1. The number of hydrogen-bond acceptors (Lipinski definition) is 2. The lowest BCUT2D eigenvalue weighted by molar-refractivity contribution is 0.551. The van der Waals surface area contributed by atoms with Gasteiger partial charge in [0.2, 0.25) is 0 Å². The summed E-state index contributed by atoms with van der Waals surface area (Å²) >= 11 is 9.32. The van der Waals surface area contributed by atoms with Crippen molar-refractivity contribution in [3.63, 3.8) is 0 Å². The summed E-state index contributed by atoms with van der Waals surface area (Å²) in [5.41, 5.74) is 1.20. The second kappa shape index (κ2) is 8.28. The molecular weight excluding hydrogens is 348 g/mol. The lowest BCUT2D eigenvalue weighted by Crippen LogP contribution is -2.16. The summed E-state index contributed by atoms with van der Waals surface area (Å²) in [4.78, 5) is 0. The zero-order valence-corrected chi connectivity index (χ0v) is 14.3. The maximum atomic E-state index is 11.7. The lowest BCUT2D eigenvalue weighted by atomic mass is 9.99. The van der Waals surface area contributed by atoms with Crippen LogP contribution in [0, 0.1) is 5.92 Å². The third kappa shape index (κ3) is 6.77. The van der Waals surface area contributed by atoms with Gasteiger partial charge in [-0.3, -0.25) is 0 Å². The minimum Gasteiger partial charge on any atom is -0.229 e. The Kier molecular flexibility index (Phi) is 7.40. The van der Waals surface area contributed by atoms with Crippen LogP contribution in [0.2, 0.25) is 5.02 Å². The Labute approximate surface area is 129 Å². The van der Waals surface area contributed by atoms with Gasteiger partial charge in [-0.15, -0.1) is 0 Å². The molecule has 0 amide bonds. The molecule has 1 aromatic rings. The van der Waals surface area contributed by atoms with E-state index < -0.39 is 9.84 Å². The molecule has 0 radical (unpaired) electrons. The summed E-state index contributed by atoms with van der Waals surface area (Å²) < 4.78 is 23.4. The van der Waals surface area contributed by atoms with Crippen LogP contribution in [-0.2, 0) is 16.3 Å². The molecular formula is C14H20BrClO2S. The van der Waals surface area contributed by atoms with Crippen LogP contribution in [0.15, 0.2) is 24.3 Å². The molecule has 0 aromatic heterocycles. The Morgan fingerprint density at radius 3 is 2.37 bits per heavy atom. The van der Waals surface area contributed by atoms with Crippen LogP contribution < -0.4 is 0 Å². The molecule has 0 fully saturated rings. The van der Waals surface area contributed by atoms with Gasteiger partial charge in [-0.25, -0.2) is 8.42 Å². The number of sulfone groups is 1. The maximum absolute atomic E-state index is 11.7. The van der Waals surface area contributed by atoms with Crippen LogP contribution in [0.25, 0.3) is 0 Å². The molecule has 0 aliphatic carbocycles. The third-order valence-corrected chi connectivity index (χ3v) is 6.06. The van der Waals surface area contributed by atoms with Crippen molar-refractivity contribution in [2.75, 3.05) is 16.8 Å². The van der Waals surface area contributed by atoms with Crippen molar-refractivity contribution in [3.8, 4) is 0 Å². The zero-order chi connectivity index (χ0) is 14.3. The van der Waals surface area contributed by atoms with Gasteiger partial charge in [-0.1, -0.05) is 46.6 Å². The van der Waals surface area contributed by atoms with Gasteiger partial charge >= 0.3 is 0 Å². The van der Waals surface area contributed by atoms with Crippen molar-refractivity contribution in [3.05, 3.63) is 34.9 Å². The molecule has 0 aliphatic rings. The van der Waals surface area contributed by atoms with Gasteiger partial charge in [-0.05, 0) is 42.9 Å². The lowest BCUT2D eigenvalue weighted by Gasteiger charge is -2.14. The molecule has 1 unspecified atom stereocenters. The van der Waals surface area contributed by atoms with Crippen LogP contribution in [-0.4, -0.2) is 25.3 Å². The van der Waals surface area contributed by atoms with Gasteiger partial charge in [0.25, 0.3) is 0 Å². The fourth-order valence-corrected chi connectivity index (χ4v) is 4.14. The summed E-state index contributed by atoms with van der Waals surface area (Å²) in [5.74, 6) is 0.918. The average Bonchev–Trinajstić information content (AvgIpc) is 2.36. The molecule has 0 aliphatic heterocycles. The molecule has 2 nitrogen and oxygen atoms in total. The Morgan fingerprint density at radius 2 is 1.84 bits per heavy atom. The first kappa shape index (κ1) is 17.0. The van der Waals surface area contributed by atoms with Gasteiger partial charge in [-0.2, -0.15) is 0 Å². The smallest absolute Gasteiger partial charge is 0.150 e. The van der Waals surface area contributed by atoms with E-state index in [0.29, 0.717) is 24.5 Å². The molecule has 19 heavy (non-hydrogen) atoms. The fourth-order valence-electron chi connectivity index (χ4n) is 1.95.